The monoisotopic (exact) mass is 320 g/mol. The second-order valence-electron chi connectivity index (χ2n) is 7.13. The van der Waals surface area contributed by atoms with Crippen LogP contribution < -0.4 is 5.32 Å². The second-order valence-corrected chi connectivity index (χ2v) is 7.13. The highest BCUT2D eigenvalue weighted by molar-refractivity contribution is 5.68. The van der Waals surface area contributed by atoms with Crippen LogP contribution in [0, 0.1) is 5.92 Å². The summed E-state index contributed by atoms with van der Waals surface area (Å²) in [6.45, 7) is 7.67. The Morgan fingerprint density at radius 1 is 1.35 bits per heavy atom. The van der Waals surface area contributed by atoms with Crippen LogP contribution in [0.2, 0.25) is 0 Å². The van der Waals surface area contributed by atoms with Crippen molar-refractivity contribution in [3.63, 3.8) is 0 Å². The minimum Gasteiger partial charge on any atom is -0.444 e. The number of piperidine rings is 1. The van der Waals surface area contributed by atoms with Crippen molar-refractivity contribution in [1.82, 2.24) is 10.2 Å². The van der Waals surface area contributed by atoms with Gasteiger partial charge in [0.15, 0.2) is 0 Å². The molecule has 2 N–H and O–H groups in total. The lowest BCUT2D eigenvalue weighted by Crippen LogP contribution is -2.54. The number of nitrogens with one attached hydrogen (secondary N) is 1. The zero-order chi connectivity index (χ0) is 16.9. The van der Waals surface area contributed by atoms with Crippen LogP contribution in [-0.4, -0.2) is 47.4 Å². The van der Waals surface area contributed by atoms with Crippen molar-refractivity contribution in [2.24, 2.45) is 5.92 Å². The zero-order valence-electron chi connectivity index (χ0n) is 14.3. The van der Waals surface area contributed by atoms with E-state index in [-0.39, 0.29) is 24.7 Å². The van der Waals surface area contributed by atoms with E-state index in [1.807, 2.05) is 39.0 Å². The van der Waals surface area contributed by atoms with Crippen molar-refractivity contribution in [2.75, 3.05) is 19.7 Å². The topological polar surface area (TPSA) is 61.8 Å². The van der Waals surface area contributed by atoms with Crippen molar-refractivity contribution in [2.45, 2.75) is 45.4 Å². The first-order chi connectivity index (χ1) is 10.9. The summed E-state index contributed by atoms with van der Waals surface area (Å²) in [5.74, 6) is 0.164. The van der Waals surface area contributed by atoms with Crippen LogP contribution in [0.4, 0.5) is 4.79 Å². The molecule has 5 nitrogen and oxygen atoms in total. The van der Waals surface area contributed by atoms with Gasteiger partial charge in [-0.2, -0.15) is 0 Å². The molecule has 5 heteroatoms. The lowest BCUT2D eigenvalue weighted by atomic mass is 9.92. The number of hydrogen-bond acceptors (Lipinski definition) is 4. The molecule has 0 aliphatic carbocycles. The van der Waals surface area contributed by atoms with Crippen LogP contribution in [-0.2, 0) is 11.3 Å². The number of carbonyl (C=O) groups excluding carboxylic acids is 1. The number of ether oxygens (including phenoxy) is 1. The fraction of sp³-hybridized carbons (Fsp3) is 0.611. The van der Waals surface area contributed by atoms with Crippen molar-refractivity contribution in [3.8, 4) is 0 Å². The van der Waals surface area contributed by atoms with Gasteiger partial charge in [-0.05, 0) is 32.8 Å². The normalized spacial score (nSPS) is 22.0. The number of benzene rings is 1. The van der Waals surface area contributed by atoms with E-state index in [9.17, 15) is 9.90 Å². The SMILES string of the molecule is CC(C)(C)OC(=O)N1CC[C@@H](CO)[C@@H](NCc2ccccc2)C1. The summed E-state index contributed by atoms with van der Waals surface area (Å²) >= 11 is 0. The molecule has 1 heterocycles. The molecule has 1 aliphatic rings. The van der Waals surface area contributed by atoms with Gasteiger partial charge in [0, 0.05) is 38.2 Å². The van der Waals surface area contributed by atoms with Gasteiger partial charge in [0.1, 0.15) is 5.60 Å². The number of aliphatic hydroxyl groups is 1. The second kappa shape index (κ2) is 7.79. The minimum absolute atomic E-state index is 0.0708. The Balaban J connectivity index is 1.94. The van der Waals surface area contributed by atoms with Gasteiger partial charge >= 0.3 is 6.09 Å². The summed E-state index contributed by atoms with van der Waals surface area (Å²) in [5.41, 5.74) is 0.705. The van der Waals surface area contributed by atoms with Gasteiger partial charge in [-0.1, -0.05) is 30.3 Å². The molecule has 1 amide bonds. The Labute approximate surface area is 138 Å². The Hall–Kier alpha value is -1.59. The first-order valence-electron chi connectivity index (χ1n) is 8.25. The molecule has 1 aliphatic heterocycles. The minimum atomic E-state index is -0.488. The molecule has 0 bridgehead atoms. The van der Waals surface area contributed by atoms with Gasteiger partial charge in [-0.3, -0.25) is 0 Å². The summed E-state index contributed by atoms with van der Waals surface area (Å²) < 4.78 is 5.45. The van der Waals surface area contributed by atoms with Gasteiger partial charge in [0.05, 0.1) is 0 Å². The third kappa shape index (κ3) is 5.52. The molecule has 23 heavy (non-hydrogen) atoms. The van der Waals surface area contributed by atoms with Gasteiger partial charge in [-0.25, -0.2) is 4.79 Å². The Kier molecular flexibility index (Phi) is 6.02. The molecule has 0 spiro atoms. The molecule has 0 unspecified atom stereocenters. The standard InChI is InChI=1S/C18H28N2O3/c1-18(2,3)23-17(22)20-10-9-15(13-21)16(12-20)19-11-14-7-5-4-6-8-14/h4-8,15-16,19,21H,9-13H2,1-3H3/t15-,16-/m0/s1. The van der Waals surface area contributed by atoms with E-state index >= 15 is 0 Å². The number of carbonyl (C=O) groups is 1. The molecule has 2 rings (SSSR count). The average Bonchev–Trinajstić information content (AvgIpc) is 2.52. The van der Waals surface area contributed by atoms with Crippen LogP contribution >= 0.6 is 0 Å². The maximum absolute atomic E-state index is 12.2. The average molecular weight is 320 g/mol. The maximum atomic E-state index is 12.2. The molecule has 1 aromatic carbocycles. The van der Waals surface area contributed by atoms with E-state index in [0.29, 0.717) is 13.1 Å². The summed E-state index contributed by atoms with van der Waals surface area (Å²) in [4.78, 5) is 14.0. The fourth-order valence-electron chi connectivity index (χ4n) is 2.79. The Morgan fingerprint density at radius 3 is 2.65 bits per heavy atom. The van der Waals surface area contributed by atoms with Crippen LogP contribution in [0.15, 0.2) is 30.3 Å². The number of aliphatic hydroxyl groups excluding tert-OH is 1. The predicted octanol–water partition coefficient (Wildman–Crippen LogP) is 2.39. The van der Waals surface area contributed by atoms with E-state index in [0.717, 1.165) is 13.0 Å². The van der Waals surface area contributed by atoms with Crippen LogP contribution in [0.5, 0.6) is 0 Å². The van der Waals surface area contributed by atoms with Crippen LogP contribution in [0.3, 0.4) is 0 Å². The first-order valence-corrected chi connectivity index (χ1v) is 8.25. The molecular weight excluding hydrogens is 292 g/mol. The lowest BCUT2D eigenvalue weighted by Gasteiger charge is -2.38. The molecule has 128 valence electrons. The van der Waals surface area contributed by atoms with Gasteiger partial charge in [0.2, 0.25) is 0 Å². The highest BCUT2D eigenvalue weighted by atomic mass is 16.6. The van der Waals surface area contributed by atoms with Crippen molar-refractivity contribution in [1.29, 1.82) is 0 Å². The molecule has 2 atom stereocenters. The highest BCUT2D eigenvalue weighted by Gasteiger charge is 2.32. The fourth-order valence-corrected chi connectivity index (χ4v) is 2.79. The van der Waals surface area contributed by atoms with Gasteiger partial charge in [-0.15, -0.1) is 0 Å². The highest BCUT2D eigenvalue weighted by Crippen LogP contribution is 2.20. The van der Waals surface area contributed by atoms with Crippen LogP contribution in [0.25, 0.3) is 0 Å². The van der Waals surface area contributed by atoms with Gasteiger partial charge < -0.3 is 20.1 Å². The quantitative estimate of drug-likeness (QED) is 0.894. The smallest absolute Gasteiger partial charge is 0.410 e. The molecule has 1 aromatic rings. The van der Waals surface area contributed by atoms with E-state index in [2.05, 4.69) is 17.4 Å². The molecule has 0 radical (unpaired) electrons. The molecular formula is C18H28N2O3. The van der Waals surface area contributed by atoms with E-state index in [1.54, 1.807) is 4.90 Å². The molecule has 0 aromatic heterocycles. The Morgan fingerprint density at radius 2 is 2.04 bits per heavy atom. The summed E-state index contributed by atoms with van der Waals surface area (Å²) in [5, 5.41) is 13.1. The van der Waals surface area contributed by atoms with Crippen LogP contribution in [0.1, 0.15) is 32.8 Å². The van der Waals surface area contributed by atoms with Crippen molar-refractivity contribution < 1.29 is 14.6 Å². The number of hydrogen-bond donors (Lipinski definition) is 2. The zero-order valence-corrected chi connectivity index (χ0v) is 14.3. The largest absolute Gasteiger partial charge is 0.444 e. The third-order valence-electron chi connectivity index (χ3n) is 4.05. The van der Waals surface area contributed by atoms with E-state index in [1.165, 1.54) is 5.56 Å². The number of amides is 1. The maximum Gasteiger partial charge on any atom is 0.410 e. The summed E-state index contributed by atoms with van der Waals surface area (Å²) in [6, 6.07) is 10.2. The van der Waals surface area contributed by atoms with E-state index in [4.69, 9.17) is 4.74 Å². The number of nitrogens with zero attached hydrogens (tertiary/aromatic N) is 1. The summed E-state index contributed by atoms with van der Waals surface area (Å²) in [7, 11) is 0. The van der Waals surface area contributed by atoms with E-state index < -0.39 is 5.60 Å². The molecule has 1 fully saturated rings. The predicted molar refractivity (Wildman–Crippen MR) is 90.1 cm³/mol. The van der Waals surface area contributed by atoms with Gasteiger partial charge in [0.25, 0.3) is 0 Å². The Bertz CT molecular complexity index is 499. The molecule has 0 saturated carbocycles. The lowest BCUT2D eigenvalue weighted by molar-refractivity contribution is 0.00986. The first kappa shape index (κ1) is 17.8. The summed E-state index contributed by atoms with van der Waals surface area (Å²) in [6.07, 6.45) is 0.503. The van der Waals surface area contributed by atoms with Crippen molar-refractivity contribution >= 4 is 6.09 Å². The third-order valence-corrected chi connectivity index (χ3v) is 4.05. The van der Waals surface area contributed by atoms with Crippen molar-refractivity contribution in [3.05, 3.63) is 35.9 Å². The number of likely N-dealkylation sites (tertiary alicyclic amines) is 1. The number of rotatable bonds is 4. The molecule has 1 saturated heterocycles.